The van der Waals surface area contributed by atoms with E-state index in [0.717, 1.165) is 0 Å². The van der Waals surface area contributed by atoms with Gasteiger partial charge >= 0.3 is 0 Å². The van der Waals surface area contributed by atoms with Crippen molar-refractivity contribution in [1.82, 2.24) is 9.80 Å². The van der Waals surface area contributed by atoms with Crippen molar-refractivity contribution in [3.63, 3.8) is 0 Å². The van der Waals surface area contributed by atoms with Crippen molar-refractivity contribution in [3.05, 3.63) is 22.7 Å². The van der Waals surface area contributed by atoms with E-state index in [-0.39, 0.29) is 51.5 Å². The maximum atomic E-state index is 12.4. The molecule has 0 bridgehead atoms. The average Bonchev–Trinajstić information content (AvgIpc) is 2.86. The standard InChI is InChI=1S/C20H30N4O4.Cu/c1-11(13-15(25)19(3,4)23(7)17(13)27)21-9-10-22-12(2)14-16(26)20(5,6)24(8)18(14)28;/h25-26H,9-10H2,1-8H3;. The quantitative estimate of drug-likeness (QED) is 0.377. The second kappa shape index (κ2) is 8.32. The van der Waals surface area contributed by atoms with E-state index in [0.29, 0.717) is 24.5 Å². The number of carbonyl (C=O) groups excluding carboxylic acids is 2. The molecule has 0 atom stereocenters. The first-order valence-electron chi connectivity index (χ1n) is 9.22. The Hall–Kier alpha value is -2.12. The van der Waals surface area contributed by atoms with Gasteiger partial charge in [-0.25, -0.2) is 0 Å². The van der Waals surface area contributed by atoms with E-state index in [1.165, 1.54) is 9.80 Å². The molecule has 2 N–H and O–H groups in total. The van der Waals surface area contributed by atoms with Crippen LogP contribution in [0.1, 0.15) is 41.5 Å². The number of rotatable bonds is 5. The maximum Gasteiger partial charge on any atom is 0.259 e. The fourth-order valence-corrected chi connectivity index (χ4v) is 3.22. The van der Waals surface area contributed by atoms with Gasteiger partial charge in [0.05, 0.1) is 24.2 Å². The van der Waals surface area contributed by atoms with Gasteiger partial charge in [-0.3, -0.25) is 19.6 Å². The predicted octanol–water partition coefficient (Wildman–Crippen LogP) is 2.03. The monoisotopic (exact) mass is 453 g/mol. The van der Waals surface area contributed by atoms with Gasteiger partial charge in [0.2, 0.25) is 0 Å². The van der Waals surface area contributed by atoms with E-state index in [1.807, 2.05) is 0 Å². The van der Waals surface area contributed by atoms with Crippen LogP contribution in [-0.2, 0) is 26.7 Å². The molecule has 165 valence electrons. The van der Waals surface area contributed by atoms with Crippen LogP contribution in [0.25, 0.3) is 0 Å². The van der Waals surface area contributed by atoms with Crippen LogP contribution in [0.2, 0.25) is 0 Å². The molecule has 9 heteroatoms. The van der Waals surface area contributed by atoms with E-state index >= 15 is 0 Å². The summed E-state index contributed by atoms with van der Waals surface area (Å²) in [4.78, 5) is 36.4. The van der Waals surface area contributed by atoms with E-state index in [9.17, 15) is 19.8 Å². The molecule has 2 aliphatic heterocycles. The molecule has 0 aliphatic carbocycles. The maximum absolute atomic E-state index is 12.4. The molecule has 2 amide bonds. The molecule has 0 unspecified atom stereocenters. The van der Waals surface area contributed by atoms with Crippen molar-refractivity contribution in [1.29, 1.82) is 0 Å². The predicted molar refractivity (Wildman–Crippen MR) is 109 cm³/mol. The van der Waals surface area contributed by atoms with Crippen LogP contribution in [0.3, 0.4) is 0 Å². The molecule has 0 saturated carbocycles. The summed E-state index contributed by atoms with van der Waals surface area (Å²) in [6.07, 6.45) is 0. The fraction of sp³-hybridized carbons (Fsp3) is 0.600. The molecule has 0 aromatic carbocycles. The molecular weight excluding hydrogens is 424 g/mol. The van der Waals surface area contributed by atoms with E-state index in [4.69, 9.17) is 0 Å². The minimum atomic E-state index is -0.760. The van der Waals surface area contributed by atoms with Crippen molar-refractivity contribution < 1.29 is 36.9 Å². The van der Waals surface area contributed by atoms with Gasteiger partial charge in [0.15, 0.2) is 0 Å². The Kier molecular flexibility index (Phi) is 7.15. The summed E-state index contributed by atoms with van der Waals surface area (Å²) in [6, 6.07) is 0. The van der Waals surface area contributed by atoms with Crippen molar-refractivity contribution in [2.75, 3.05) is 27.2 Å². The van der Waals surface area contributed by atoms with Crippen LogP contribution in [-0.4, -0.2) is 81.5 Å². The molecule has 0 fully saturated rings. The zero-order valence-electron chi connectivity index (χ0n) is 18.2. The van der Waals surface area contributed by atoms with Crippen molar-refractivity contribution in [2.24, 2.45) is 9.98 Å². The number of aliphatic imine (C=N–C) groups is 2. The summed E-state index contributed by atoms with van der Waals surface area (Å²) in [5.74, 6) is -0.503. The topological polar surface area (TPSA) is 106 Å². The Balaban J connectivity index is 0.00000420. The van der Waals surface area contributed by atoms with Gasteiger partial charge < -0.3 is 20.0 Å². The van der Waals surface area contributed by atoms with E-state index in [1.54, 1.807) is 55.6 Å². The molecule has 0 saturated heterocycles. The number of likely N-dealkylation sites (N-methyl/N-ethyl adjacent to an activating group) is 2. The number of aliphatic hydroxyl groups excluding tert-OH is 2. The third-order valence-corrected chi connectivity index (χ3v) is 5.87. The second-order valence-corrected chi connectivity index (χ2v) is 8.23. The summed E-state index contributed by atoms with van der Waals surface area (Å²) in [5, 5.41) is 20.8. The molecule has 2 rings (SSSR count). The number of carbonyl (C=O) groups is 2. The SMILES string of the molecule is CC(=NCCN=C(C)C1=C(O)C(C)(C)N(C)C1=O)C1=C(O)C(C)(C)N(C)C1=O.[Cu]. The van der Waals surface area contributed by atoms with Gasteiger partial charge in [0.1, 0.15) is 22.7 Å². The number of amides is 2. The fourth-order valence-electron chi connectivity index (χ4n) is 3.22. The van der Waals surface area contributed by atoms with Crippen molar-refractivity contribution >= 4 is 23.2 Å². The number of aliphatic hydroxyl groups is 2. The normalized spacial score (nSPS) is 22.1. The minimum Gasteiger partial charge on any atom is -0.509 e. The third kappa shape index (κ3) is 3.98. The van der Waals surface area contributed by atoms with Gasteiger partial charge in [-0.1, -0.05) is 0 Å². The second-order valence-electron chi connectivity index (χ2n) is 8.23. The largest absolute Gasteiger partial charge is 0.509 e. The Labute approximate surface area is 182 Å². The van der Waals surface area contributed by atoms with Gasteiger partial charge in [-0.15, -0.1) is 0 Å². The molecule has 1 radical (unpaired) electrons. The molecule has 0 aromatic rings. The number of hydrogen-bond acceptors (Lipinski definition) is 6. The minimum absolute atomic E-state index is 0. The Bertz CT molecular complexity index is 783. The van der Waals surface area contributed by atoms with Crippen LogP contribution in [0.5, 0.6) is 0 Å². The van der Waals surface area contributed by atoms with Crippen molar-refractivity contribution in [2.45, 2.75) is 52.6 Å². The van der Waals surface area contributed by atoms with Gasteiger partial charge in [-0.05, 0) is 41.5 Å². The summed E-state index contributed by atoms with van der Waals surface area (Å²) >= 11 is 0. The van der Waals surface area contributed by atoms with E-state index in [2.05, 4.69) is 9.98 Å². The first-order valence-corrected chi connectivity index (χ1v) is 9.22. The van der Waals surface area contributed by atoms with Crippen LogP contribution in [0.15, 0.2) is 32.6 Å². The van der Waals surface area contributed by atoms with Crippen LogP contribution < -0.4 is 0 Å². The summed E-state index contributed by atoms with van der Waals surface area (Å²) in [7, 11) is 3.29. The molecule has 0 aromatic heterocycles. The smallest absolute Gasteiger partial charge is 0.259 e. The summed E-state index contributed by atoms with van der Waals surface area (Å²) < 4.78 is 0. The Morgan fingerprint density at radius 3 is 1.28 bits per heavy atom. The van der Waals surface area contributed by atoms with Crippen LogP contribution in [0.4, 0.5) is 0 Å². The van der Waals surface area contributed by atoms with Gasteiger partial charge in [0, 0.05) is 42.6 Å². The van der Waals surface area contributed by atoms with Gasteiger partial charge in [0.25, 0.3) is 11.8 Å². The average molecular weight is 454 g/mol. The molecule has 0 spiro atoms. The summed E-state index contributed by atoms with van der Waals surface area (Å²) in [5.41, 5.74) is -0.168. The van der Waals surface area contributed by atoms with Crippen molar-refractivity contribution in [3.8, 4) is 0 Å². The van der Waals surface area contributed by atoms with E-state index < -0.39 is 11.1 Å². The van der Waals surface area contributed by atoms with Crippen LogP contribution >= 0.6 is 0 Å². The number of nitrogens with zero attached hydrogens (tertiary/aromatic N) is 4. The molecule has 29 heavy (non-hydrogen) atoms. The zero-order chi connectivity index (χ0) is 21.6. The zero-order valence-corrected chi connectivity index (χ0v) is 19.2. The first-order chi connectivity index (χ1) is 12.8. The van der Waals surface area contributed by atoms with Gasteiger partial charge in [-0.2, -0.15) is 0 Å². The Morgan fingerprint density at radius 2 is 1.07 bits per heavy atom. The first kappa shape index (κ1) is 24.9. The number of hydrogen-bond donors (Lipinski definition) is 2. The molecule has 2 aliphatic rings. The third-order valence-electron chi connectivity index (χ3n) is 5.87. The Morgan fingerprint density at radius 1 is 0.793 bits per heavy atom. The molecule has 8 nitrogen and oxygen atoms in total. The summed E-state index contributed by atoms with van der Waals surface area (Å²) in [6.45, 7) is 11.0. The molecular formula is C20H30CuN4O4. The molecule has 2 heterocycles. The van der Waals surface area contributed by atoms with Crippen LogP contribution in [0, 0.1) is 0 Å².